The van der Waals surface area contributed by atoms with Crippen LogP contribution in [0.3, 0.4) is 0 Å². The maximum absolute atomic E-state index is 11.5. The van der Waals surface area contributed by atoms with Gasteiger partial charge in [0.15, 0.2) is 5.82 Å². The van der Waals surface area contributed by atoms with Crippen LogP contribution in [-0.2, 0) is 4.74 Å². The van der Waals surface area contributed by atoms with E-state index in [2.05, 4.69) is 16.5 Å². The van der Waals surface area contributed by atoms with E-state index in [-0.39, 0.29) is 0 Å². The van der Waals surface area contributed by atoms with E-state index in [4.69, 9.17) is 4.74 Å². The van der Waals surface area contributed by atoms with Gasteiger partial charge in [-0.1, -0.05) is 6.58 Å². The number of nitrogens with zero attached hydrogens (tertiary/aromatic N) is 2. The smallest absolute Gasteiger partial charge is 0.341 e. The second-order valence-electron chi connectivity index (χ2n) is 4.04. The van der Waals surface area contributed by atoms with Crippen molar-refractivity contribution in [3.63, 3.8) is 0 Å². The average molecular weight is 206 g/mol. The van der Waals surface area contributed by atoms with Gasteiger partial charge in [-0.3, -0.25) is 0 Å². The van der Waals surface area contributed by atoms with Crippen LogP contribution >= 0.6 is 0 Å². The Morgan fingerprint density at radius 1 is 1.40 bits per heavy atom. The SMILES string of the molecule is C=Cc1ncc(C(=O)OC(C)(C)C)cn1. The first-order valence-corrected chi connectivity index (χ1v) is 4.60. The fourth-order valence-electron chi connectivity index (χ4n) is 0.886. The van der Waals surface area contributed by atoms with Crippen molar-refractivity contribution >= 4 is 12.0 Å². The summed E-state index contributed by atoms with van der Waals surface area (Å²) >= 11 is 0. The molecule has 80 valence electrons. The highest BCUT2D eigenvalue weighted by atomic mass is 16.6. The summed E-state index contributed by atoms with van der Waals surface area (Å²) in [5, 5.41) is 0. The van der Waals surface area contributed by atoms with Crippen LogP contribution in [0.1, 0.15) is 37.0 Å². The zero-order chi connectivity index (χ0) is 11.5. The van der Waals surface area contributed by atoms with E-state index >= 15 is 0 Å². The molecular weight excluding hydrogens is 192 g/mol. The summed E-state index contributed by atoms with van der Waals surface area (Å²) in [6.07, 6.45) is 4.37. The zero-order valence-corrected chi connectivity index (χ0v) is 9.15. The molecule has 1 rings (SSSR count). The quantitative estimate of drug-likeness (QED) is 0.695. The molecule has 1 aromatic heterocycles. The zero-order valence-electron chi connectivity index (χ0n) is 9.15. The Morgan fingerprint density at radius 3 is 2.33 bits per heavy atom. The summed E-state index contributed by atoms with van der Waals surface area (Å²) in [6.45, 7) is 8.95. The third-order valence-corrected chi connectivity index (χ3v) is 1.49. The molecule has 4 heteroatoms. The van der Waals surface area contributed by atoms with Gasteiger partial charge < -0.3 is 4.74 Å². The molecule has 0 aromatic carbocycles. The highest BCUT2D eigenvalue weighted by Crippen LogP contribution is 2.10. The van der Waals surface area contributed by atoms with E-state index in [1.807, 2.05) is 20.8 Å². The standard InChI is InChI=1S/C11H14N2O2/c1-5-9-12-6-8(7-13-9)10(14)15-11(2,3)4/h5-7H,1H2,2-4H3. The van der Waals surface area contributed by atoms with Gasteiger partial charge in [-0.25, -0.2) is 14.8 Å². The first-order chi connectivity index (χ1) is 6.92. The number of carbonyl (C=O) groups excluding carboxylic acids is 1. The number of hydrogen-bond acceptors (Lipinski definition) is 4. The number of carbonyl (C=O) groups is 1. The van der Waals surface area contributed by atoms with Crippen molar-refractivity contribution in [1.82, 2.24) is 9.97 Å². The topological polar surface area (TPSA) is 52.1 Å². The average Bonchev–Trinajstić information content (AvgIpc) is 2.15. The molecule has 1 aromatic rings. The van der Waals surface area contributed by atoms with E-state index in [0.29, 0.717) is 11.4 Å². The van der Waals surface area contributed by atoms with Gasteiger partial charge in [0.2, 0.25) is 0 Å². The van der Waals surface area contributed by atoms with E-state index in [0.717, 1.165) is 0 Å². The van der Waals surface area contributed by atoms with Crippen LogP contribution in [0.5, 0.6) is 0 Å². The van der Waals surface area contributed by atoms with Crippen molar-refractivity contribution in [2.45, 2.75) is 26.4 Å². The molecule has 0 radical (unpaired) electrons. The number of aromatic nitrogens is 2. The molecule has 0 spiro atoms. The third-order valence-electron chi connectivity index (χ3n) is 1.49. The molecule has 0 bridgehead atoms. The van der Waals surface area contributed by atoms with E-state index in [9.17, 15) is 4.79 Å². The molecule has 0 aliphatic heterocycles. The molecule has 0 atom stereocenters. The van der Waals surface area contributed by atoms with Crippen molar-refractivity contribution in [1.29, 1.82) is 0 Å². The molecule has 1 heterocycles. The fourth-order valence-corrected chi connectivity index (χ4v) is 0.886. The lowest BCUT2D eigenvalue weighted by molar-refractivity contribution is 0.00686. The minimum Gasteiger partial charge on any atom is -0.456 e. The van der Waals surface area contributed by atoms with Gasteiger partial charge in [0, 0.05) is 12.4 Å². The second kappa shape index (κ2) is 4.21. The molecule has 0 fully saturated rings. The Morgan fingerprint density at radius 2 is 1.93 bits per heavy atom. The molecule has 0 unspecified atom stereocenters. The van der Waals surface area contributed by atoms with E-state index in [1.165, 1.54) is 18.5 Å². The maximum Gasteiger partial charge on any atom is 0.341 e. The molecule has 15 heavy (non-hydrogen) atoms. The number of esters is 1. The van der Waals surface area contributed by atoms with Gasteiger partial charge in [-0.15, -0.1) is 0 Å². The van der Waals surface area contributed by atoms with Gasteiger partial charge >= 0.3 is 5.97 Å². The van der Waals surface area contributed by atoms with Crippen LogP contribution in [0.25, 0.3) is 6.08 Å². The van der Waals surface area contributed by atoms with E-state index < -0.39 is 11.6 Å². The lowest BCUT2D eigenvalue weighted by Gasteiger charge is -2.19. The predicted octanol–water partition coefficient (Wildman–Crippen LogP) is 2.07. The molecule has 0 N–H and O–H groups in total. The minimum atomic E-state index is -0.506. The molecule has 0 saturated heterocycles. The number of hydrogen-bond donors (Lipinski definition) is 0. The molecule has 0 saturated carbocycles. The lowest BCUT2D eigenvalue weighted by Crippen LogP contribution is -2.24. The van der Waals surface area contributed by atoms with Crippen molar-refractivity contribution in [3.05, 3.63) is 30.4 Å². The van der Waals surface area contributed by atoms with Crippen LogP contribution in [0, 0.1) is 0 Å². The fraction of sp³-hybridized carbons (Fsp3) is 0.364. The monoisotopic (exact) mass is 206 g/mol. The summed E-state index contributed by atoms with van der Waals surface area (Å²) in [5.74, 6) is 0.0698. The van der Waals surface area contributed by atoms with Gasteiger partial charge in [0.05, 0.1) is 5.56 Å². The first-order valence-electron chi connectivity index (χ1n) is 4.60. The molecule has 0 amide bonds. The van der Waals surface area contributed by atoms with E-state index in [1.54, 1.807) is 0 Å². The summed E-state index contributed by atoms with van der Waals surface area (Å²) in [5.41, 5.74) is -0.163. The van der Waals surface area contributed by atoms with Crippen molar-refractivity contribution in [2.24, 2.45) is 0 Å². The minimum absolute atomic E-state index is 0.343. The Balaban J connectivity index is 2.79. The Bertz CT molecular complexity index is 363. The predicted molar refractivity (Wildman–Crippen MR) is 57.3 cm³/mol. The molecule has 0 aliphatic rings. The summed E-state index contributed by atoms with van der Waals surface area (Å²) in [4.78, 5) is 19.4. The maximum atomic E-state index is 11.5. The Hall–Kier alpha value is -1.71. The second-order valence-corrected chi connectivity index (χ2v) is 4.04. The van der Waals surface area contributed by atoms with Crippen molar-refractivity contribution in [3.8, 4) is 0 Å². The summed E-state index contributed by atoms with van der Waals surface area (Å²) < 4.78 is 5.15. The van der Waals surface area contributed by atoms with Crippen molar-refractivity contribution in [2.75, 3.05) is 0 Å². The van der Waals surface area contributed by atoms with Gasteiger partial charge in [0.1, 0.15) is 5.60 Å². The number of rotatable bonds is 2. The first kappa shape index (κ1) is 11.4. The van der Waals surface area contributed by atoms with Gasteiger partial charge in [-0.2, -0.15) is 0 Å². The normalized spacial score (nSPS) is 10.9. The lowest BCUT2D eigenvalue weighted by atomic mass is 10.2. The van der Waals surface area contributed by atoms with Crippen LogP contribution in [0.4, 0.5) is 0 Å². The van der Waals surface area contributed by atoms with Crippen LogP contribution in [0.15, 0.2) is 19.0 Å². The van der Waals surface area contributed by atoms with Gasteiger partial charge in [0.25, 0.3) is 0 Å². The van der Waals surface area contributed by atoms with Crippen molar-refractivity contribution < 1.29 is 9.53 Å². The Labute approximate surface area is 89.0 Å². The van der Waals surface area contributed by atoms with Crippen LogP contribution in [0.2, 0.25) is 0 Å². The highest BCUT2D eigenvalue weighted by molar-refractivity contribution is 5.88. The number of ether oxygens (including phenoxy) is 1. The largest absolute Gasteiger partial charge is 0.456 e. The summed E-state index contributed by atoms with van der Waals surface area (Å²) in [7, 11) is 0. The molecule has 4 nitrogen and oxygen atoms in total. The Kier molecular flexibility index (Phi) is 3.19. The summed E-state index contributed by atoms with van der Waals surface area (Å²) in [6, 6.07) is 0. The van der Waals surface area contributed by atoms with Crippen LogP contribution < -0.4 is 0 Å². The highest BCUT2D eigenvalue weighted by Gasteiger charge is 2.18. The van der Waals surface area contributed by atoms with Gasteiger partial charge in [-0.05, 0) is 26.8 Å². The molecule has 0 aliphatic carbocycles. The third kappa shape index (κ3) is 3.50. The van der Waals surface area contributed by atoms with Crippen LogP contribution in [-0.4, -0.2) is 21.5 Å². The molecular formula is C11H14N2O2.